The van der Waals surface area contributed by atoms with Gasteiger partial charge in [-0.3, -0.25) is 0 Å². The molecule has 1 heterocycles. The number of hydrogen-bond acceptors (Lipinski definition) is 1. The molecule has 0 aliphatic carbocycles. The number of rotatable bonds is 3. The van der Waals surface area contributed by atoms with Crippen LogP contribution in [-0.2, 0) is 0 Å². The van der Waals surface area contributed by atoms with Crippen LogP contribution in [0.5, 0.6) is 0 Å². The van der Waals surface area contributed by atoms with Gasteiger partial charge in [0.25, 0.3) is 0 Å². The summed E-state index contributed by atoms with van der Waals surface area (Å²) >= 11 is 1.86. The Morgan fingerprint density at radius 2 is 1.42 bits per heavy atom. The molecule has 0 bridgehead atoms. The van der Waals surface area contributed by atoms with E-state index in [0.29, 0.717) is 16.6 Å². The lowest BCUT2D eigenvalue weighted by Gasteiger charge is -2.38. The summed E-state index contributed by atoms with van der Waals surface area (Å²) in [6, 6.07) is 2.24. The van der Waals surface area contributed by atoms with Crippen molar-refractivity contribution in [2.75, 3.05) is 0 Å². The van der Waals surface area contributed by atoms with Gasteiger partial charge in [0.05, 0.1) is 0 Å². The van der Waals surface area contributed by atoms with Gasteiger partial charge in [-0.25, -0.2) is 0 Å². The molecule has 0 unspecified atom stereocenters. The molecule has 19 heavy (non-hydrogen) atoms. The third-order valence-corrected chi connectivity index (χ3v) is 11.6. The van der Waals surface area contributed by atoms with E-state index in [1.54, 1.807) is 0 Å². The third kappa shape index (κ3) is 3.33. The first-order chi connectivity index (χ1) is 8.71. The van der Waals surface area contributed by atoms with Crippen molar-refractivity contribution in [3.63, 3.8) is 0 Å². The quantitative estimate of drug-likeness (QED) is 0.478. The average molecular weight is 293 g/mol. The summed E-state index contributed by atoms with van der Waals surface area (Å²) in [7, 11) is -1.58. The number of thiophene rings is 1. The first-order valence-corrected chi connectivity index (χ1v) is 10.4. The van der Waals surface area contributed by atoms with Gasteiger partial charge < -0.3 is 0 Å². The summed E-state index contributed by atoms with van der Waals surface area (Å²) in [5, 5.41) is 0. The monoisotopic (exact) mass is 292 g/mol. The van der Waals surface area contributed by atoms with Gasteiger partial charge in [-0.05, 0) is 36.5 Å². The minimum absolute atomic E-state index is 0.708. The molecule has 0 atom stereocenters. The third-order valence-electron chi connectivity index (χ3n) is 4.32. The normalized spacial score (nSPS) is 12.2. The Kier molecular flexibility index (Phi) is 5.47. The minimum Gasteiger partial charge on any atom is -0.145 e. The summed E-state index contributed by atoms with van der Waals surface area (Å²) in [5.41, 5.74) is 7.17. The van der Waals surface area contributed by atoms with Crippen molar-refractivity contribution in [3.8, 4) is 11.5 Å². The van der Waals surface area contributed by atoms with Crippen LogP contribution in [0, 0.1) is 25.3 Å². The Morgan fingerprint density at radius 1 is 0.947 bits per heavy atom. The van der Waals surface area contributed by atoms with Crippen LogP contribution in [0.15, 0.2) is 6.07 Å². The molecule has 0 N–H and O–H groups in total. The van der Waals surface area contributed by atoms with Crippen LogP contribution in [0.25, 0.3) is 0 Å². The maximum absolute atomic E-state index is 3.80. The van der Waals surface area contributed by atoms with Crippen molar-refractivity contribution in [2.24, 2.45) is 0 Å². The predicted octanol–water partition coefficient (Wildman–Crippen LogP) is 5.93. The van der Waals surface area contributed by atoms with Gasteiger partial charge in [-0.1, -0.05) is 47.5 Å². The lowest BCUT2D eigenvalue weighted by molar-refractivity contribution is 0.838. The second kappa shape index (κ2) is 6.28. The van der Waals surface area contributed by atoms with Crippen LogP contribution < -0.4 is 0 Å². The minimum atomic E-state index is -1.58. The maximum atomic E-state index is 3.80. The lowest BCUT2D eigenvalue weighted by Crippen LogP contribution is -2.43. The highest BCUT2D eigenvalue weighted by Crippen LogP contribution is 2.40. The van der Waals surface area contributed by atoms with Crippen LogP contribution in [0.4, 0.5) is 0 Å². The van der Waals surface area contributed by atoms with Gasteiger partial charge >= 0.3 is 0 Å². The average Bonchev–Trinajstić information content (AvgIpc) is 2.56. The van der Waals surface area contributed by atoms with E-state index in [1.165, 1.54) is 15.3 Å². The second-order valence-corrected chi connectivity index (χ2v) is 13.5. The molecule has 0 aliphatic rings. The zero-order valence-electron chi connectivity index (χ0n) is 13.7. The molecule has 0 nitrogen and oxygen atoms in total. The molecule has 106 valence electrons. The largest absolute Gasteiger partial charge is 0.146 e. The Morgan fingerprint density at radius 3 is 1.74 bits per heavy atom. The molecule has 1 aromatic heterocycles. The maximum Gasteiger partial charge on any atom is 0.146 e. The van der Waals surface area contributed by atoms with Crippen molar-refractivity contribution < 1.29 is 0 Å². The molecule has 0 aromatic carbocycles. The van der Waals surface area contributed by atoms with Crippen molar-refractivity contribution >= 4 is 19.4 Å². The summed E-state index contributed by atoms with van der Waals surface area (Å²) < 4.78 is 0. The first-order valence-electron chi connectivity index (χ1n) is 7.32. The van der Waals surface area contributed by atoms with Crippen LogP contribution in [0.1, 0.15) is 56.9 Å². The molecule has 0 aliphatic heterocycles. The molecule has 0 spiro atoms. The Balaban J connectivity index is 3.27. The summed E-state index contributed by atoms with van der Waals surface area (Å²) in [6.45, 7) is 18.6. The van der Waals surface area contributed by atoms with Crippen LogP contribution in [0.2, 0.25) is 16.6 Å². The molecule has 0 fully saturated rings. The smallest absolute Gasteiger partial charge is 0.145 e. The zero-order chi connectivity index (χ0) is 14.8. The highest BCUT2D eigenvalue weighted by molar-refractivity contribution is 7.12. The fourth-order valence-corrected chi connectivity index (χ4v) is 9.46. The van der Waals surface area contributed by atoms with Crippen LogP contribution in [0.3, 0.4) is 0 Å². The topological polar surface area (TPSA) is 0 Å². The van der Waals surface area contributed by atoms with Gasteiger partial charge in [0.2, 0.25) is 0 Å². The molecule has 0 amide bonds. The van der Waals surface area contributed by atoms with Gasteiger partial charge in [-0.2, -0.15) is 0 Å². The van der Waals surface area contributed by atoms with Gasteiger partial charge in [0.1, 0.15) is 8.07 Å². The standard InChI is InChI=1S/C17H28SSi/c1-12(2)19(13(3)4,14(5)6)10-9-17-11-15(7)18-16(17)8/h11-14H,1-8H3. The van der Waals surface area contributed by atoms with E-state index in [0.717, 1.165) is 0 Å². The van der Waals surface area contributed by atoms with E-state index in [1.807, 2.05) is 11.3 Å². The lowest BCUT2D eigenvalue weighted by atomic mass is 10.3. The van der Waals surface area contributed by atoms with E-state index in [9.17, 15) is 0 Å². The molecule has 0 radical (unpaired) electrons. The van der Waals surface area contributed by atoms with E-state index < -0.39 is 8.07 Å². The summed E-state index contributed by atoms with van der Waals surface area (Å²) in [5.74, 6) is 3.54. The van der Waals surface area contributed by atoms with Crippen molar-refractivity contribution in [3.05, 3.63) is 21.4 Å². The fraction of sp³-hybridized carbons (Fsp3) is 0.647. The zero-order valence-corrected chi connectivity index (χ0v) is 15.5. The first kappa shape index (κ1) is 16.5. The van der Waals surface area contributed by atoms with E-state index in [-0.39, 0.29) is 0 Å². The van der Waals surface area contributed by atoms with Gasteiger partial charge in [0, 0.05) is 15.3 Å². The Hall–Kier alpha value is -0.523. The molecule has 0 saturated heterocycles. The van der Waals surface area contributed by atoms with Gasteiger partial charge in [0.15, 0.2) is 0 Å². The SMILES string of the molecule is Cc1cc(C#C[Si](C(C)C)(C(C)C)C(C)C)c(C)s1. The van der Waals surface area contributed by atoms with E-state index >= 15 is 0 Å². The second-order valence-electron chi connectivity index (χ2n) is 6.47. The molecular weight excluding hydrogens is 264 g/mol. The van der Waals surface area contributed by atoms with Crippen molar-refractivity contribution in [1.82, 2.24) is 0 Å². The van der Waals surface area contributed by atoms with Gasteiger partial charge in [-0.15, -0.1) is 16.9 Å². The van der Waals surface area contributed by atoms with Crippen LogP contribution >= 0.6 is 11.3 Å². The highest BCUT2D eigenvalue weighted by atomic mass is 32.1. The molecule has 2 heteroatoms. The summed E-state index contributed by atoms with van der Waals surface area (Å²) in [4.78, 5) is 2.73. The molecular formula is C17H28SSi. The van der Waals surface area contributed by atoms with E-state index in [2.05, 4.69) is 72.9 Å². The Labute approximate surface area is 124 Å². The number of hydrogen-bond donors (Lipinski definition) is 0. The molecule has 1 aromatic rings. The number of aryl methyl sites for hydroxylation is 2. The predicted molar refractivity (Wildman–Crippen MR) is 91.7 cm³/mol. The van der Waals surface area contributed by atoms with Crippen LogP contribution in [-0.4, -0.2) is 8.07 Å². The Bertz CT molecular complexity index is 461. The highest BCUT2D eigenvalue weighted by Gasteiger charge is 2.41. The fourth-order valence-electron chi connectivity index (χ4n) is 3.36. The molecule has 1 rings (SSSR count). The van der Waals surface area contributed by atoms with E-state index in [4.69, 9.17) is 0 Å². The summed E-state index contributed by atoms with van der Waals surface area (Å²) in [6.07, 6.45) is 0. The van der Waals surface area contributed by atoms with Crippen molar-refractivity contribution in [2.45, 2.75) is 72.0 Å². The van der Waals surface area contributed by atoms with Crippen molar-refractivity contribution in [1.29, 1.82) is 0 Å². The molecule has 0 saturated carbocycles.